The molecule has 2 rings (SSSR count). The Morgan fingerprint density at radius 1 is 1.33 bits per heavy atom. The summed E-state index contributed by atoms with van der Waals surface area (Å²) in [4.78, 5) is 2.58. The van der Waals surface area contributed by atoms with E-state index in [0.29, 0.717) is 6.04 Å². The van der Waals surface area contributed by atoms with Gasteiger partial charge in [-0.05, 0) is 53.6 Å². The van der Waals surface area contributed by atoms with Crippen LogP contribution in [0.25, 0.3) is 0 Å². The summed E-state index contributed by atoms with van der Waals surface area (Å²) in [7, 11) is 0. The normalized spacial score (nSPS) is 18.6. The Kier molecular flexibility index (Phi) is 5.21. The van der Waals surface area contributed by atoms with Crippen LogP contribution in [0.1, 0.15) is 24.9 Å². The van der Waals surface area contributed by atoms with Gasteiger partial charge in [0.25, 0.3) is 0 Å². The van der Waals surface area contributed by atoms with Crippen molar-refractivity contribution in [2.45, 2.75) is 19.4 Å². The van der Waals surface area contributed by atoms with Crippen LogP contribution in [0, 0.1) is 3.57 Å². The average molecular weight is 356 g/mol. The second-order valence-electron chi connectivity index (χ2n) is 5.01. The molecular weight excluding hydrogens is 335 g/mol. The maximum Gasteiger partial charge on any atom is 0.0386 e. The Morgan fingerprint density at radius 3 is 2.50 bits per heavy atom. The van der Waals surface area contributed by atoms with Crippen LogP contribution >= 0.6 is 22.6 Å². The first kappa shape index (κ1) is 14.0. The molecule has 2 nitrogen and oxygen atoms in total. The Bertz CT molecular complexity index is 393. The molecule has 0 saturated carbocycles. The van der Waals surface area contributed by atoms with E-state index in [1.54, 1.807) is 0 Å². The zero-order chi connectivity index (χ0) is 13.0. The van der Waals surface area contributed by atoms with Gasteiger partial charge < -0.3 is 5.32 Å². The molecule has 0 unspecified atom stereocenters. The number of nitrogens with one attached hydrogen (secondary N) is 1. The third-order valence-corrected chi connectivity index (χ3v) is 4.11. The minimum atomic E-state index is 0.488. The first-order chi connectivity index (χ1) is 8.66. The van der Waals surface area contributed by atoms with Crippen LogP contribution in [0.15, 0.2) is 36.4 Å². The fraction of sp³-hybridized carbons (Fsp3) is 0.467. The van der Waals surface area contributed by atoms with Gasteiger partial charge in [0.1, 0.15) is 0 Å². The van der Waals surface area contributed by atoms with Gasteiger partial charge in [-0.15, -0.1) is 6.58 Å². The van der Waals surface area contributed by atoms with Gasteiger partial charge in [-0.25, -0.2) is 0 Å². The SMILES string of the molecule is C=C(C)C[C@@H](c1ccc(I)cc1)N1CCNCC1. The van der Waals surface area contributed by atoms with E-state index in [0.717, 1.165) is 32.6 Å². The molecule has 1 aromatic carbocycles. The fourth-order valence-electron chi connectivity index (χ4n) is 2.47. The second kappa shape index (κ2) is 6.68. The van der Waals surface area contributed by atoms with Crippen LogP contribution in [-0.4, -0.2) is 31.1 Å². The zero-order valence-electron chi connectivity index (χ0n) is 11.0. The van der Waals surface area contributed by atoms with Gasteiger partial charge in [0.15, 0.2) is 0 Å². The highest BCUT2D eigenvalue weighted by molar-refractivity contribution is 14.1. The quantitative estimate of drug-likeness (QED) is 0.659. The molecule has 1 aromatic rings. The van der Waals surface area contributed by atoms with Crippen LogP contribution < -0.4 is 5.32 Å². The molecule has 1 heterocycles. The summed E-state index contributed by atoms with van der Waals surface area (Å²) < 4.78 is 1.30. The van der Waals surface area contributed by atoms with Crippen molar-refractivity contribution in [2.24, 2.45) is 0 Å². The topological polar surface area (TPSA) is 15.3 Å². The molecule has 0 bridgehead atoms. The van der Waals surface area contributed by atoms with Gasteiger partial charge >= 0.3 is 0 Å². The molecule has 1 aliphatic rings. The molecule has 1 atom stereocenters. The van der Waals surface area contributed by atoms with E-state index in [9.17, 15) is 0 Å². The van der Waals surface area contributed by atoms with Crippen molar-refractivity contribution in [3.8, 4) is 0 Å². The summed E-state index contributed by atoms with van der Waals surface area (Å²) in [5.41, 5.74) is 2.68. The molecule has 0 aromatic heterocycles. The lowest BCUT2D eigenvalue weighted by atomic mass is 9.98. The lowest BCUT2D eigenvalue weighted by molar-refractivity contribution is 0.172. The molecule has 18 heavy (non-hydrogen) atoms. The highest BCUT2D eigenvalue weighted by Crippen LogP contribution is 2.27. The van der Waals surface area contributed by atoms with Crippen molar-refractivity contribution in [3.05, 3.63) is 45.6 Å². The molecule has 98 valence electrons. The van der Waals surface area contributed by atoms with E-state index in [4.69, 9.17) is 0 Å². The van der Waals surface area contributed by atoms with Crippen molar-refractivity contribution in [1.29, 1.82) is 0 Å². The first-order valence-corrected chi connectivity index (χ1v) is 7.59. The van der Waals surface area contributed by atoms with Crippen molar-refractivity contribution < 1.29 is 0 Å². The molecule has 0 aliphatic carbocycles. The molecule has 1 fully saturated rings. The standard InChI is InChI=1S/C15H21IN2/c1-12(2)11-15(18-9-7-17-8-10-18)13-3-5-14(16)6-4-13/h3-6,15,17H,1,7-11H2,2H3/t15-/m0/s1. The highest BCUT2D eigenvalue weighted by atomic mass is 127. The number of rotatable bonds is 4. The molecule has 1 aliphatic heterocycles. The van der Waals surface area contributed by atoms with Crippen LogP contribution in [0.4, 0.5) is 0 Å². The summed E-state index contributed by atoms with van der Waals surface area (Å²) in [5.74, 6) is 0. The van der Waals surface area contributed by atoms with E-state index in [-0.39, 0.29) is 0 Å². The first-order valence-electron chi connectivity index (χ1n) is 6.51. The van der Waals surface area contributed by atoms with Gasteiger partial charge in [-0.3, -0.25) is 4.90 Å². The minimum Gasteiger partial charge on any atom is -0.314 e. The van der Waals surface area contributed by atoms with Crippen molar-refractivity contribution >= 4 is 22.6 Å². The molecule has 0 spiro atoms. The second-order valence-corrected chi connectivity index (χ2v) is 6.26. The predicted octanol–water partition coefficient (Wildman–Crippen LogP) is 3.20. The van der Waals surface area contributed by atoms with Crippen molar-refractivity contribution in [3.63, 3.8) is 0 Å². The lowest BCUT2D eigenvalue weighted by Gasteiger charge is -2.35. The molecule has 3 heteroatoms. The molecule has 1 saturated heterocycles. The van der Waals surface area contributed by atoms with E-state index in [1.165, 1.54) is 14.7 Å². The van der Waals surface area contributed by atoms with Gasteiger partial charge in [0.05, 0.1) is 0 Å². The van der Waals surface area contributed by atoms with E-state index in [1.807, 2.05) is 0 Å². The minimum absolute atomic E-state index is 0.488. The third kappa shape index (κ3) is 3.80. The predicted molar refractivity (Wildman–Crippen MR) is 85.8 cm³/mol. The molecule has 0 amide bonds. The molecular formula is C15H21IN2. The van der Waals surface area contributed by atoms with E-state index >= 15 is 0 Å². The summed E-state index contributed by atoms with van der Waals surface area (Å²) in [6, 6.07) is 9.41. The zero-order valence-corrected chi connectivity index (χ0v) is 13.1. The summed E-state index contributed by atoms with van der Waals surface area (Å²) in [5, 5.41) is 3.42. The Hall–Kier alpha value is -0.390. The van der Waals surface area contributed by atoms with Gasteiger partial charge in [-0.1, -0.05) is 17.7 Å². The number of nitrogens with zero attached hydrogens (tertiary/aromatic N) is 1. The average Bonchev–Trinajstić information content (AvgIpc) is 2.38. The smallest absolute Gasteiger partial charge is 0.0386 e. The summed E-state index contributed by atoms with van der Waals surface area (Å²) in [6.45, 7) is 10.7. The Labute approximate surface area is 124 Å². The fourth-order valence-corrected chi connectivity index (χ4v) is 2.83. The number of hydrogen-bond donors (Lipinski definition) is 1. The molecule has 0 radical (unpaired) electrons. The van der Waals surface area contributed by atoms with Crippen LogP contribution in [0.5, 0.6) is 0 Å². The van der Waals surface area contributed by atoms with Crippen LogP contribution in [0.2, 0.25) is 0 Å². The van der Waals surface area contributed by atoms with Crippen LogP contribution in [-0.2, 0) is 0 Å². The summed E-state index contributed by atoms with van der Waals surface area (Å²) >= 11 is 2.36. The van der Waals surface area contributed by atoms with Gasteiger partial charge in [0, 0.05) is 35.8 Å². The molecule has 1 N–H and O–H groups in total. The van der Waals surface area contributed by atoms with E-state index < -0.39 is 0 Å². The Balaban J connectivity index is 2.17. The lowest BCUT2D eigenvalue weighted by Crippen LogP contribution is -2.45. The summed E-state index contributed by atoms with van der Waals surface area (Å²) in [6.07, 6.45) is 1.06. The van der Waals surface area contributed by atoms with Crippen molar-refractivity contribution in [2.75, 3.05) is 26.2 Å². The highest BCUT2D eigenvalue weighted by Gasteiger charge is 2.21. The maximum absolute atomic E-state index is 4.09. The number of halogens is 1. The van der Waals surface area contributed by atoms with Gasteiger partial charge in [-0.2, -0.15) is 0 Å². The third-order valence-electron chi connectivity index (χ3n) is 3.39. The number of piperazine rings is 1. The monoisotopic (exact) mass is 356 g/mol. The Morgan fingerprint density at radius 2 is 1.94 bits per heavy atom. The number of hydrogen-bond acceptors (Lipinski definition) is 2. The van der Waals surface area contributed by atoms with Crippen molar-refractivity contribution in [1.82, 2.24) is 10.2 Å². The van der Waals surface area contributed by atoms with E-state index in [2.05, 4.69) is 70.6 Å². The largest absolute Gasteiger partial charge is 0.314 e. The van der Waals surface area contributed by atoms with Crippen LogP contribution in [0.3, 0.4) is 0 Å². The maximum atomic E-state index is 4.09. The number of benzene rings is 1. The van der Waals surface area contributed by atoms with Gasteiger partial charge in [0.2, 0.25) is 0 Å².